The van der Waals surface area contributed by atoms with Gasteiger partial charge in [0.25, 0.3) is 0 Å². The Bertz CT molecular complexity index is 380. The predicted octanol–water partition coefficient (Wildman–Crippen LogP) is 2.31. The molecule has 2 aliphatic carbocycles. The molecule has 1 N–H and O–H groups in total. The maximum atomic E-state index is 4.51. The first kappa shape index (κ1) is 15.1. The minimum absolute atomic E-state index is 0.648. The van der Waals surface area contributed by atoms with E-state index in [0.717, 1.165) is 25.1 Å². The van der Waals surface area contributed by atoms with Gasteiger partial charge in [0.2, 0.25) is 0 Å². The summed E-state index contributed by atoms with van der Waals surface area (Å²) in [5, 5.41) is 3.60. The summed E-state index contributed by atoms with van der Waals surface area (Å²) in [5.41, 5.74) is 0.648. The molecule has 21 heavy (non-hydrogen) atoms. The van der Waals surface area contributed by atoms with Gasteiger partial charge in [0.05, 0.1) is 0 Å². The molecule has 4 nitrogen and oxygen atoms in total. The average molecular weight is 292 g/mol. The molecule has 0 aromatic heterocycles. The summed E-state index contributed by atoms with van der Waals surface area (Å²) in [7, 11) is 1.93. The second-order valence-corrected chi connectivity index (χ2v) is 7.56. The van der Waals surface area contributed by atoms with Crippen LogP contribution in [0.25, 0.3) is 0 Å². The molecular weight excluding hydrogens is 260 g/mol. The van der Waals surface area contributed by atoms with Gasteiger partial charge in [-0.2, -0.15) is 0 Å². The topological polar surface area (TPSA) is 30.9 Å². The van der Waals surface area contributed by atoms with E-state index in [-0.39, 0.29) is 0 Å². The first-order valence-corrected chi connectivity index (χ1v) is 8.85. The van der Waals surface area contributed by atoms with Crippen LogP contribution in [0.1, 0.15) is 52.4 Å². The van der Waals surface area contributed by atoms with Crippen molar-refractivity contribution in [2.45, 2.75) is 64.5 Å². The maximum Gasteiger partial charge on any atom is 0.193 e. The molecule has 1 spiro atoms. The molecule has 3 rings (SSSR count). The number of nitrogens with one attached hydrogen (secondary N) is 1. The number of hydrogen-bond acceptors (Lipinski definition) is 2. The lowest BCUT2D eigenvalue weighted by Gasteiger charge is -2.38. The second-order valence-electron chi connectivity index (χ2n) is 7.56. The zero-order chi connectivity index (χ0) is 14.9. The van der Waals surface area contributed by atoms with E-state index in [1.54, 1.807) is 0 Å². The van der Waals surface area contributed by atoms with Crippen molar-refractivity contribution < 1.29 is 0 Å². The second kappa shape index (κ2) is 6.15. The highest BCUT2D eigenvalue weighted by Gasteiger charge is 2.43. The van der Waals surface area contributed by atoms with Crippen LogP contribution >= 0.6 is 0 Å². The standard InChI is InChI=1S/C17H32N4/c1-14(2)21(15-5-6-15)12-10-19-16(18-3)20-11-9-17(13-20)7-4-8-17/h14-15H,4-13H2,1-3H3,(H,18,19). The lowest BCUT2D eigenvalue weighted by Crippen LogP contribution is -2.46. The fourth-order valence-corrected chi connectivity index (χ4v) is 4.10. The predicted molar refractivity (Wildman–Crippen MR) is 88.7 cm³/mol. The van der Waals surface area contributed by atoms with Crippen molar-refractivity contribution in [3.8, 4) is 0 Å². The minimum atomic E-state index is 0.648. The monoisotopic (exact) mass is 292 g/mol. The smallest absolute Gasteiger partial charge is 0.193 e. The van der Waals surface area contributed by atoms with Crippen molar-refractivity contribution in [2.75, 3.05) is 33.2 Å². The average Bonchev–Trinajstić information content (AvgIpc) is 3.14. The number of guanidine groups is 1. The van der Waals surface area contributed by atoms with Gasteiger partial charge in [0, 0.05) is 45.3 Å². The zero-order valence-corrected chi connectivity index (χ0v) is 14.1. The Hall–Kier alpha value is -0.770. The normalized spacial score (nSPS) is 25.0. The fraction of sp³-hybridized carbons (Fsp3) is 0.941. The summed E-state index contributed by atoms with van der Waals surface area (Å²) in [6, 6.07) is 1.50. The highest BCUT2D eigenvalue weighted by Crippen LogP contribution is 2.47. The van der Waals surface area contributed by atoms with Crippen LogP contribution in [-0.2, 0) is 0 Å². The molecule has 0 aromatic rings. The van der Waals surface area contributed by atoms with Crippen LogP contribution in [0, 0.1) is 5.41 Å². The molecule has 3 aliphatic rings. The largest absolute Gasteiger partial charge is 0.355 e. The summed E-state index contributed by atoms with van der Waals surface area (Å²) in [6.07, 6.45) is 8.45. The molecule has 0 unspecified atom stereocenters. The van der Waals surface area contributed by atoms with Gasteiger partial charge in [0.15, 0.2) is 5.96 Å². The maximum absolute atomic E-state index is 4.51. The Morgan fingerprint density at radius 2 is 2.10 bits per heavy atom. The van der Waals surface area contributed by atoms with Crippen molar-refractivity contribution in [3.05, 3.63) is 0 Å². The molecule has 0 amide bonds. The van der Waals surface area contributed by atoms with Gasteiger partial charge in [-0.1, -0.05) is 6.42 Å². The summed E-state index contributed by atoms with van der Waals surface area (Å²) in [5.74, 6) is 1.12. The molecule has 1 saturated heterocycles. The molecule has 3 fully saturated rings. The Labute approximate surface area is 130 Å². The zero-order valence-electron chi connectivity index (χ0n) is 14.1. The van der Waals surface area contributed by atoms with Gasteiger partial charge >= 0.3 is 0 Å². The van der Waals surface area contributed by atoms with Crippen LogP contribution in [0.15, 0.2) is 4.99 Å². The Kier molecular flexibility index (Phi) is 4.43. The van der Waals surface area contributed by atoms with Crippen LogP contribution < -0.4 is 5.32 Å². The number of aliphatic imine (C=N–C) groups is 1. The van der Waals surface area contributed by atoms with E-state index in [9.17, 15) is 0 Å². The molecule has 0 radical (unpaired) electrons. The van der Waals surface area contributed by atoms with E-state index < -0.39 is 0 Å². The van der Waals surface area contributed by atoms with Gasteiger partial charge in [-0.3, -0.25) is 9.89 Å². The minimum Gasteiger partial charge on any atom is -0.355 e. The van der Waals surface area contributed by atoms with E-state index in [4.69, 9.17) is 0 Å². The first-order valence-electron chi connectivity index (χ1n) is 8.85. The highest BCUT2D eigenvalue weighted by atomic mass is 15.3. The Balaban J connectivity index is 1.45. The molecule has 1 aliphatic heterocycles. The number of likely N-dealkylation sites (tertiary alicyclic amines) is 1. The van der Waals surface area contributed by atoms with Gasteiger partial charge in [0.1, 0.15) is 0 Å². The molecule has 4 heteroatoms. The highest BCUT2D eigenvalue weighted by molar-refractivity contribution is 5.80. The summed E-state index contributed by atoms with van der Waals surface area (Å²) < 4.78 is 0. The molecule has 2 saturated carbocycles. The van der Waals surface area contributed by atoms with Crippen LogP contribution in [-0.4, -0.2) is 61.1 Å². The lowest BCUT2D eigenvalue weighted by atomic mass is 9.68. The molecule has 1 heterocycles. The third-order valence-electron chi connectivity index (χ3n) is 5.70. The van der Waals surface area contributed by atoms with E-state index >= 15 is 0 Å². The van der Waals surface area contributed by atoms with Gasteiger partial charge in [-0.25, -0.2) is 0 Å². The van der Waals surface area contributed by atoms with E-state index in [2.05, 4.69) is 34.0 Å². The van der Waals surface area contributed by atoms with E-state index in [1.165, 1.54) is 51.6 Å². The Morgan fingerprint density at radius 1 is 1.33 bits per heavy atom. The van der Waals surface area contributed by atoms with Crippen molar-refractivity contribution >= 4 is 5.96 Å². The van der Waals surface area contributed by atoms with Crippen LogP contribution in [0.2, 0.25) is 0 Å². The molecule has 0 atom stereocenters. The summed E-state index contributed by atoms with van der Waals surface area (Å²) in [4.78, 5) is 9.63. The van der Waals surface area contributed by atoms with E-state index in [1.807, 2.05) is 7.05 Å². The quantitative estimate of drug-likeness (QED) is 0.623. The van der Waals surface area contributed by atoms with Crippen molar-refractivity contribution in [2.24, 2.45) is 10.4 Å². The van der Waals surface area contributed by atoms with Gasteiger partial charge in [-0.15, -0.1) is 0 Å². The third-order valence-corrected chi connectivity index (χ3v) is 5.70. The summed E-state index contributed by atoms with van der Waals surface area (Å²) >= 11 is 0. The van der Waals surface area contributed by atoms with Crippen LogP contribution in [0.3, 0.4) is 0 Å². The van der Waals surface area contributed by atoms with Gasteiger partial charge in [-0.05, 0) is 51.4 Å². The third kappa shape index (κ3) is 3.36. The molecule has 120 valence electrons. The number of rotatable bonds is 5. The molecule has 0 bridgehead atoms. The number of hydrogen-bond donors (Lipinski definition) is 1. The van der Waals surface area contributed by atoms with Gasteiger partial charge < -0.3 is 10.2 Å². The van der Waals surface area contributed by atoms with Crippen molar-refractivity contribution in [1.29, 1.82) is 0 Å². The van der Waals surface area contributed by atoms with Crippen molar-refractivity contribution in [3.63, 3.8) is 0 Å². The Morgan fingerprint density at radius 3 is 2.57 bits per heavy atom. The van der Waals surface area contributed by atoms with Crippen LogP contribution in [0.5, 0.6) is 0 Å². The van der Waals surface area contributed by atoms with Crippen molar-refractivity contribution in [1.82, 2.24) is 15.1 Å². The number of nitrogens with zero attached hydrogens (tertiary/aromatic N) is 3. The first-order chi connectivity index (χ1) is 10.1. The molecular formula is C17H32N4. The summed E-state index contributed by atoms with van der Waals surface area (Å²) in [6.45, 7) is 9.20. The lowest BCUT2D eigenvalue weighted by molar-refractivity contribution is 0.151. The van der Waals surface area contributed by atoms with Crippen LogP contribution in [0.4, 0.5) is 0 Å². The fourth-order valence-electron chi connectivity index (χ4n) is 4.10. The molecule has 0 aromatic carbocycles. The SMILES string of the molecule is CN=C(NCCN(C(C)C)C1CC1)N1CCC2(CCC2)C1. The van der Waals surface area contributed by atoms with E-state index in [0.29, 0.717) is 11.5 Å².